The Morgan fingerprint density at radius 2 is 0.299 bits per heavy atom. The van der Waals surface area contributed by atoms with Gasteiger partial charge in [0.2, 0.25) is 51.9 Å². The van der Waals surface area contributed by atoms with Gasteiger partial charge in [0.15, 0.2) is 0 Å². The van der Waals surface area contributed by atoms with Crippen molar-refractivity contribution in [3.63, 3.8) is 0 Å². The predicted molar refractivity (Wildman–Crippen MR) is 567 cm³/mol. The predicted octanol–water partition coefficient (Wildman–Crippen LogP) is 20.8. The van der Waals surface area contributed by atoms with Gasteiger partial charge < -0.3 is 131 Å². The fraction of sp³-hybridized carbons (Fsp3) is 0.720. The minimum absolute atomic E-state index is 0. The molecule has 144 heavy (non-hydrogen) atoms. The summed E-state index contributed by atoms with van der Waals surface area (Å²) in [4.78, 5) is 68.6. The second kappa shape index (κ2) is 48.8. The Bertz CT molecular complexity index is 4200. The molecule has 0 aromatic heterocycles. The number of benzene rings is 4. The standard InChI is InChI=1S/2C48H76O12Si8.4CH3.4Zn/c2*1-61(40-22-4-2-5-23-40,41-24-6-3-7-25-41)51-64(44-30-12-13-31-44)56-66(46-34-16-17-35-46)54-62(49,42-26-8-9-27-42)52-65(45-32-14-15-33-45)53-63(50,43-28-10-11-29-43)55-67(57-64,47-36-18-19-37-47)60-68(58-65,59-66)48-38-20-21-39-48;;;;;;;;/h2*2-7,22-25,42-48H,8-21,26-39H2,1H3;4*1H3;;;;/q2*-2;4*-1;4*+2. The molecule has 780 valence electrons. The van der Waals surface area contributed by atoms with Gasteiger partial charge in [-0.25, -0.2) is 0 Å². The second-order valence-corrected chi connectivity index (χ2v) is 96.9. The first-order valence-corrected chi connectivity index (χ1v) is 85.1. The van der Waals surface area contributed by atoms with E-state index in [9.17, 15) is 0 Å². The van der Waals surface area contributed by atoms with E-state index in [0.29, 0.717) is 51.4 Å². The quantitative estimate of drug-likeness (QED) is 0.0522. The van der Waals surface area contributed by atoms with Gasteiger partial charge >= 0.3 is 166 Å². The Balaban J connectivity index is 0.000000205. The molecular weight excluding hydrogens is 2300 g/mol. The van der Waals surface area contributed by atoms with E-state index >= 15 is 19.2 Å². The van der Waals surface area contributed by atoms with E-state index in [1.807, 2.05) is 0 Å². The maximum atomic E-state index is 17.2. The van der Waals surface area contributed by atoms with Gasteiger partial charge in [-0.05, 0) is 236 Å². The van der Waals surface area contributed by atoms with E-state index < -0.39 is 140 Å². The Morgan fingerprint density at radius 1 is 0.181 bits per heavy atom. The van der Waals surface area contributed by atoms with Crippen LogP contribution in [0.3, 0.4) is 0 Å². The minimum Gasteiger partial charge on any atom is -0.817 e. The average Bonchev–Trinajstić information content (AvgIpc) is 1.25. The number of fused-ring (bicyclic) bond motifs is 6. The Morgan fingerprint density at radius 3 is 0.444 bits per heavy atom. The summed E-state index contributed by atoms with van der Waals surface area (Å²) < 4.78 is 164. The van der Waals surface area contributed by atoms with Crippen LogP contribution in [0.15, 0.2) is 121 Å². The molecule has 0 N–H and O–H groups in total. The fourth-order valence-electron chi connectivity index (χ4n) is 29.5. The molecule has 14 aliphatic carbocycles. The molecule has 4 aromatic carbocycles. The van der Waals surface area contributed by atoms with E-state index in [4.69, 9.17) is 82.3 Å². The van der Waals surface area contributed by atoms with Crippen molar-refractivity contribution in [2.75, 3.05) is 0 Å². The summed E-state index contributed by atoms with van der Waals surface area (Å²) in [7, 11) is -68.2. The smallest absolute Gasteiger partial charge is 0.817 e. The van der Waals surface area contributed by atoms with Gasteiger partial charge in [0.05, 0.1) is 0 Å². The maximum Gasteiger partial charge on any atom is 2.00 e. The molecule has 24 rings (SSSR count). The monoisotopic (exact) mass is 2450 g/mol. The number of hydrogen-bond donors (Lipinski definition) is 0. The third-order valence-electron chi connectivity index (χ3n) is 37.1. The summed E-state index contributed by atoms with van der Waals surface area (Å²) in [5.74, 6) is 0. The van der Waals surface area contributed by atoms with Crippen LogP contribution in [-0.2, 0) is 160 Å². The first-order valence-electron chi connectivity index (χ1n) is 55.1. The van der Waals surface area contributed by atoms with Crippen molar-refractivity contribution in [2.45, 2.75) is 450 Å². The summed E-state index contributed by atoms with van der Waals surface area (Å²) >= 11 is 0. The summed E-state index contributed by atoms with van der Waals surface area (Å²) in [6.45, 7) is 4.59. The third kappa shape index (κ3) is 22.7. The molecule has 8 bridgehead atoms. The van der Waals surface area contributed by atoms with Gasteiger partial charge in [0.1, 0.15) is 0 Å². The maximum absolute atomic E-state index is 17.2. The normalized spacial score (nSPS) is 38.8. The molecule has 0 spiro atoms. The van der Waals surface area contributed by atoms with E-state index in [1.54, 1.807) is 0 Å². The number of hydrogen-bond acceptors (Lipinski definition) is 24. The topological polar surface area (TPSA) is 277 Å². The molecule has 6 saturated heterocycles. The van der Waals surface area contributed by atoms with Crippen LogP contribution in [-0.4, -0.2) is 140 Å². The van der Waals surface area contributed by atoms with Crippen LogP contribution in [0.5, 0.6) is 0 Å². The van der Waals surface area contributed by atoms with Crippen molar-refractivity contribution in [1.29, 1.82) is 0 Å². The van der Waals surface area contributed by atoms with Crippen LogP contribution in [0.2, 0.25) is 90.7 Å². The van der Waals surface area contributed by atoms with Crippen LogP contribution in [0, 0.1) is 29.7 Å². The second-order valence-electron chi connectivity index (χ2n) is 45.8. The molecule has 44 heteroatoms. The van der Waals surface area contributed by atoms with E-state index in [0.717, 1.165) is 329 Å². The Kier molecular flexibility index (Phi) is 40.6. The molecule has 4 aromatic rings. The van der Waals surface area contributed by atoms with Gasteiger partial charge in [-0.3, -0.25) is 0 Å². The molecule has 0 radical (unpaired) electrons. The largest absolute Gasteiger partial charge is 2.00 e. The van der Waals surface area contributed by atoms with E-state index in [-0.39, 0.29) is 185 Å². The van der Waals surface area contributed by atoms with E-state index in [2.05, 4.69) is 134 Å². The van der Waals surface area contributed by atoms with Crippen LogP contribution in [0.25, 0.3) is 0 Å². The fourth-order valence-corrected chi connectivity index (χ4v) is 128. The molecular formula is C100H164O24Si16Zn4. The molecule has 0 amide bonds. The van der Waals surface area contributed by atoms with Crippen molar-refractivity contribution in [1.82, 2.24) is 0 Å². The summed E-state index contributed by atoms with van der Waals surface area (Å²) in [5, 5.41) is 4.41. The van der Waals surface area contributed by atoms with Crippen molar-refractivity contribution in [3.05, 3.63) is 151 Å². The molecule has 24 nitrogen and oxygen atoms in total. The van der Waals surface area contributed by atoms with E-state index in [1.165, 1.54) is 0 Å². The van der Waals surface area contributed by atoms with Crippen molar-refractivity contribution < 1.29 is 179 Å². The summed E-state index contributed by atoms with van der Waals surface area (Å²) in [6, 6.07) is 42.7. The van der Waals surface area contributed by atoms with Gasteiger partial charge in [0.25, 0.3) is 0 Å². The molecule has 20 aliphatic rings. The van der Waals surface area contributed by atoms with Crippen molar-refractivity contribution in [2.24, 2.45) is 0 Å². The zero-order valence-corrected chi connectivity index (χ0v) is 116. The van der Waals surface area contributed by atoms with Crippen molar-refractivity contribution in [3.8, 4) is 0 Å². The van der Waals surface area contributed by atoms with Crippen LogP contribution >= 0.6 is 0 Å². The first kappa shape index (κ1) is 120. The molecule has 20 fully saturated rings. The SMILES string of the molecule is C[Si](O[Si]1(C2CCCC2)O[Si]2(C3CCCC3)O[Si]([O-])(C3CCCC3)O[Si]3(C4CCCC4)O[Si]([O-])(C4CCCC4)O[Si](C4CCCC4)(O1)O[Si](C1CCCC1)(O3)O2)(c1ccccc1)c1ccccc1.C[Si](O[Si]1(C2CCCC2)O[Si]2(C3CCCC3)O[Si]([O-])(C3CCCC3)O[Si]3(C4CCCC4)O[Si]([O-])(C4CCCC4)O[Si](C4CCCC4)(O1)O[Si](C1CCCC1)(O3)O2)(c1ccccc1)c1ccccc1.[CH3-].[CH3-].[CH3-].[CH3-].[Zn+2].[Zn+2].[Zn+2].[Zn+2]. The first-order chi connectivity index (χ1) is 66.0. The molecule has 6 heterocycles. The number of rotatable bonds is 22. The zero-order chi connectivity index (χ0) is 92.3. The Labute approximate surface area is 932 Å². The molecule has 8 unspecified atom stereocenters. The van der Waals surface area contributed by atoms with Gasteiger partial charge in [-0.15, -0.1) is 0 Å². The van der Waals surface area contributed by atoms with Gasteiger partial charge in [-0.1, -0.05) is 301 Å². The molecule has 14 saturated carbocycles. The third-order valence-corrected chi connectivity index (χ3v) is 111. The summed E-state index contributed by atoms with van der Waals surface area (Å²) in [5.41, 5.74) is -3.11. The van der Waals surface area contributed by atoms with Gasteiger partial charge in [-0.2, -0.15) is 0 Å². The zero-order valence-electron chi connectivity index (χ0n) is 87.9. The van der Waals surface area contributed by atoms with Crippen LogP contribution in [0.1, 0.15) is 360 Å². The van der Waals surface area contributed by atoms with Crippen molar-refractivity contribution >= 4 is 161 Å². The molecule has 8 atom stereocenters. The van der Waals surface area contributed by atoms with Crippen LogP contribution < -0.4 is 39.9 Å². The van der Waals surface area contributed by atoms with Crippen LogP contribution in [0.4, 0.5) is 0 Å². The minimum atomic E-state index is -4.67. The van der Waals surface area contributed by atoms with Gasteiger partial charge in [0, 0.05) is 55.4 Å². The average molecular weight is 2460 g/mol. The molecule has 6 aliphatic heterocycles. The summed E-state index contributed by atoms with van der Waals surface area (Å²) in [6.07, 6.45) is 49.5. The Hall–Kier alpha value is 1.88.